The molecular weight excluding hydrogens is 354 g/mol. The third-order valence-electron chi connectivity index (χ3n) is 4.18. The summed E-state index contributed by atoms with van der Waals surface area (Å²) < 4.78 is 25.4. The second-order valence-corrected chi connectivity index (χ2v) is 7.98. The quantitative estimate of drug-likeness (QED) is 0.860. The van der Waals surface area contributed by atoms with Crippen molar-refractivity contribution in [2.45, 2.75) is 6.92 Å². The van der Waals surface area contributed by atoms with E-state index in [1.165, 1.54) is 0 Å². The molecule has 1 N–H and O–H groups in total. The van der Waals surface area contributed by atoms with Gasteiger partial charge in [0.05, 0.1) is 11.9 Å². The van der Waals surface area contributed by atoms with Crippen LogP contribution in [0.25, 0.3) is 0 Å². The van der Waals surface area contributed by atoms with Crippen LogP contribution >= 0.6 is 0 Å². The predicted molar refractivity (Wildman–Crippen MR) is 99.8 cm³/mol. The van der Waals surface area contributed by atoms with Crippen molar-refractivity contribution in [2.75, 3.05) is 42.1 Å². The van der Waals surface area contributed by atoms with Gasteiger partial charge in [-0.1, -0.05) is 6.07 Å². The number of piperazine rings is 1. The van der Waals surface area contributed by atoms with Crippen molar-refractivity contribution in [2.24, 2.45) is 0 Å². The first-order chi connectivity index (χ1) is 12.3. The van der Waals surface area contributed by atoms with Crippen LogP contribution in [0.4, 0.5) is 11.6 Å². The van der Waals surface area contributed by atoms with E-state index in [0.717, 1.165) is 11.8 Å². The Balaban J connectivity index is 1.70. The van der Waals surface area contributed by atoms with E-state index in [9.17, 15) is 13.2 Å². The van der Waals surface area contributed by atoms with Crippen molar-refractivity contribution in [1.29, 1.82) is 0 Å². The molecule has 26 heavy (non-hydrogen) atoms. The number of amides is 1. The number of hydrogen-bond donors (Lipinski definition) is 1. The maximum absolute atomic E-state index is 12.8. The molecule has 8 nitrogen and oxygen atoms in total. The summed E-state index contributed by atoms with van der Waals surface area (Å²) in [4.78, 5) is 25.0. The minimum absolute atomic E-state index is 0.116. The Morgan fingerprint density at radius 3 is 2.38 bits per heavy atom. The van der Waals surface area contributed by atoms with Crippen molar-refractivity contribution in [3.63, 3.8) is 0 Å². The first-order valence-electron chi connectivity index (χ1n) is 8.23. The zero-order chi connectivity index (χ0) is 18.7. The molecule has 2 heterocycles. The van der Waals surface area contributed by atoms with Gasteiger partial charge >= 0.3 is 0 Å². The molecule has 1 aliphatic heterocycles. The molecule has 1 fully saturated rings. The zero-order valence-electron chi connectivity index (χ0n) is 14.7. The molecule has 0 radical (unpaired) electrons. The normalized spacial score (nSPS) is 15.0. The molecule has 1 aliphatic rings. The molecule has 0 saturated carbocycles. The number of aromatic nitrogens is 2. The van der Waals surface area contributed by atoms with Crippen LogP contribution in [0.1, 0.15) is 15.9 Å². The van der Waals surface area contributed by atoms with Gasteiger partial charge in [0.15, 0.2) is 0 Å². The second-order valence-electron chi connectivity index (χ2n) is 6.23. The highest BCUT2D eigenvalue weighted by atomic mass is 32.2. The number of hydrogen-bond acceptors (Lipinski definition) is 6. The van der Waals surface area contributed by atoms with Gasteiger partial charge in [0.1, 0.15) is 0 Å². The number of sulfonamides is 1. The third kappa shape index (κ3) is 4.29. The Hall–Kier alpha value is -2.68. The van der Waals surface area contributed by atoms with Gasteiger partial charge in [0, 0.05) is 44.1 Å². The van der Waals surface area contributed by atoms with E-state index in [-0.39, 0.29) is 5.91 Å². The van der Waals surface area contributed by atoms with Crippen molar-refractivity contribution in [3.8, 4) is 0 Å². The van der Waals surface area contributed by atoms with Crippen LogP contribution < -0.4 is 9.62 Å². The van der Waals surface area contributed by atoms with E-state index in [4.69, 9.17) is 0 Å². The lowest BCUT2D eigenvalue weighted by Gasteiger charge is -2.34. The van der Waals surface area contributed by atoms with Gasteiger partial charge in [0.25, 0.3) is 5.91 Å². The van der Waals surface area contributed by atoms with E-state index in [1.54, 1.807) is 48.5 Å². The van der Waals surface area contributed by atoms with Crippen LogP contribution in [0.3, 0.4) is 0 Å². The number of benzene rings is 1. The molecule has 9 heteroatoms. The van der Waals surface area contributed by atoms with Crippen LogP contribution in [0.2, 0.25) is 0 Å². The highest BCUT2D eigenvalue weighted by Crippen LogP contribution is 2.20. The first-order valence-corrected chi connectivity index (χ1v) is 10.1. The molecule has 0 unspecified atom stereocenters. The summed E-state index contributed by atoms with van der Waals surface area (Å²) in [5.74, 6) is 0.546. The van der Waals surface area contributed by atoms with E-state index in [2.05, 4.69) is 14.7 Å². The number of nitrogens with one attached hydrogen (secondary N) is 1. The summed E-state index contributed by atoms with van der Waals surface area (Å²) in [5, 5.41) is 0. The maximum atomic E-state index is 12.8. The molecule has 1 aromatic carbocycles. The smallest absolute Gasteiger partial charge is 0.254 e. The summed E-state index contributed by atoms with van der Waals surface area (Å²) in [5.41, 5.74) is 1.65. The van der Waals surface area contributed by atoms with Crippen LogP contribution in [0.5, 0.6) is 0 Å². The van der Waals surface area contributed by atoms with Gasteiger partial charge in [-0.2, -0.15) is 0 Å². The molecule has 0 spiro atoms. The fraction of sp³-hybridized carbons (Fsp3) is 0.353. The predicted octanol–water partition coefficient (Wildman–Crippen LogP) is 1.12. The summed E-state index contributed by atoms with van der Waals surface area (Å²) in [6.07, 6.45) is 4.48. The topological polar surface area (TPSA) is 95.5 Å². The Bertz CT molecular complexity index is 894. The first kappa shape index (κ1) is 18.1. The highest BCUT2D eigenvalue weighted by molar-refractivity contribution is 7.92. The van der Waals surface area contributed by atoms with Crippen LogP contribution in [0.15, 0.2) is 36.7 Å². The Morgan fingerprint density at radius 2 is 1.77 bits per heavy atom. The standard InChI is InChI=1S/C17H21N5O3S/c1-13-4-5-14(12-15(13)20-26(2,24)25)16(23)21-8-10-22(11-9-21)17-18-6-3-7-19-17/h3-7,12,20H,8-11H2,1-2H3. The number of aryl methyl sites for hydroxylation is 1. The van der Waals surface area contributed by atoms with Gasteiger partial charge in [-0.25, -0.2) is 18.4 Å². The largest absolute Gasteiger partial charge is 0.337 e. The monoisotopic (exact) mass is 375 g/mol. The summed E-state index contributed by atoms with van der Waals surface area (Å²) >= 11 is 0. The average Bonchev–Trinajstić information content (AvgIpc) is 2.63. The molecule has 1 aromatic heterocycles. The lowest BCUT2D eigenvalue weighted by Crippen LogP contribution is -2.49. The van der Waals surface area contributed by atoms with Crippen molar-refractivity contribution in [1.82, 2.24) is 14.9 Å². The fourth-order valence-corrected chi connectivity index (χ4v) is 3.43. The minimum atomic E-state index is -3.40. The second kappa shape index (κ2) is 7.28. The number of rotatable bonds is 4. The third-order valence-corrected chi connectivity index (χ3v) is 4.77. The van der Waals surface area contributed by atoms with Gasteiger partial charge in [-0.15, -0.1) is 0 Å². The maximum Gasteiger partial charge on any atom is 0.254 e. The van der Waals surface area contributed by atoms with E-state index < -0.39 is 10.0 Å². The van der Waals surface area contributed by atoms with Gasteiger partial charge < -0.3 is 9.80 Å². The summed E-state index contributed by atoms with van der Waals surface area (Å²) in [7, 11) is -3.40. The van der Waals surface area contributed by atoms with Gasteiger partial charge in [-0.05, 0) is 30.7 Å². The van der Waals surface area contributed by atoms with E-state index in [0.29, 0.717) is 43.4 Å². The molecule has 0 bridgehead atoms. The van der Waals surface area contributed by atoms with E-state index >= 15 is 0 Å². The Labute approximate surface area is 152 Å². The summed E-state index contributed by atoms with van der Waals surface area (Å²) in [6, 6.07) is 6.82. The zero-order valence-corrected chi connectivity index (χ0v) is 15.5. The number of carbonyl (C=O) groups is 1. The number of anilines is 2. The van der Waals surface area contributed by atoms with Crippen molar-refractivity contribution in [3.05, 3.63) is 47.8 Å². The molecule has 1 saturated heterocycles. The molecule has 1 amide bonds. The van der Waals surface area contributed by atoms with Gasteiger partial charge in [-0.3, -0.25) is 9.52 Å². The van der Waals surface area contributed by atoms with Crippen molar-refractivity contribution >= 4 is 27.6 Å². The highest BCUT2D eigenvalue weighted by Gasteiger charge is 2.23. The van der Waals surface area contributed by atoms with E-state index in [1.807, 2.05) is 4.90 Å². The SMILES string of the molecule is Cc1ccc(C(=O)N2CCN(c3ncccn3)CC2)cc1NS(C)(=O)=O. The minimum Gasteiger partial charge on any atom is -0.337 e. The molecule has 3 rings (SSSR count). The van der Waals surface area contributed by atoms with Gasteiger partial charge in [0.2, 0.25) is 16.0 Å². The molecule has 0 aliphatic carbocycles. The number of nitrogens with zero attached hydrogens (tertiary/aromatic N) is 4. The Kier molecular flexibility index (Phi) is 5.08. The summed E-state index contributed by atoms with van der Waals surface area (Å²) in [6.45, 7) is 4.20. The molecule has 138 valence electrons. The molecule has 0 atom stereocenters. The lowest BCUT2D eigenvalue weighted by atomic mass is 10.1. The van der Waals surface area contributed by atoms with Crippen LogP contribution in [0, 0.1) is 6.92 Å². The van der Waals surface area contributed by atoms with Crippen molar-refractivity contribution < 1.29 is 13.2 Å². The average molecular weight is 375 g/mol. The fourth-order valence-electron chi connectivity index (χ4n) is 2.81. The Morgan fingerprint density at radius 1 is 1.12 bits per heavy atom. The van der Waals surface area contributed by atoms with Crippen LogP contribution in [-0.4, -0.2) is 61.6 Å². The van der Waals surface area contributed by atoms with Crippen LogP contribution in [-0.2, 0) is 10.0 Å². The molecule has 2 aromatic rings. The molecular formula is C17H21N5O3S. The lowest BCUT2D eigenvalue weighted by molar-refractivity contribution is 0.0746. The number of carbonyl (C=O) groups excluding carboxylic acids is 1.